The number of nitrogens with one attached hydrogen (secondary N) is 1. The molecule has 1 aliphatic rings. The van der Waals surface area contributed by atoms with Crippen molar-refractivity contribution in [3.63, 3.8) is 0 Å². The van der Waals surface area contributed by atoms with Gasteiger partial charge in [-0.1, -0.05) is 38.1 Å². The summed E-state index contributed by atoms with van der Waals surface area (Å²) in [6.45, 7) is 6.21. The van der Waals surface area contributed by atoms with Crippen LogP contribution < -0.4 is 5.32 Å². The van der Waals surface area contributed by atoms with Crippen LogP contribution in [0.3, 0.4) is 0 Å². The first-order valence-corrected chi connectivity index (χ1v) is 12.1. The summed E-state index contributed by atoms with van der Waals surface area (Å²) in [5.74, 6) is -0.985. The summed E-state index contributed by atoms with van der Waals surface area (Å²) in [5, 5.41) is 21.0. The van der Waals surface area contributed by atoms with Crippen molar-refractivity contribution in [1.29, 1.82) is 0 Å². The van der Waals surface area contributed by atoms with Gasteiger partial charge < -0.3 is 15.3 Å². The van der Waals surface area contributed by atoms with Crippen LogP contribution in [0.25, 0.3) is 10.4 Å². The number of rotatable bonds is 7. The molecule has 2 aromatic heterocycles. The third-order valence-electron chi connectivity index (χ3n) is 6.00. The fraction of sp³-hybridized carbons (Fsp3) is 0.417. The minimum atomic E-state index is -0.760. The number of nitrogens with zero attached hydrogens (tertiary/aromatic N) is 5. The second-order valence-corrected chi connectivity index (χ2v) is 9.65. The third-order valence-corrected chi connectivity index (χ3v) is 6.98. The quantitative estimate of drug-likeness (QED) is 0.532. The van der Waals surface area contributed by atoms with Gasteiger partial charge in [0.1, 0.15) is 12.0 Å². The SMILES string of the molecule is Cc1ncsc1-c1ccc(CNC(=O)[C@@H]2C[C@@H](O)CN2C(=O)C(c2nccnn2)C(C)C)cc1. The van der Waals surface area contributed by atoms with E-state index in [1.165, 1.54) is 17.3 Å². The highest BCUT2D eigenvalue weighted by Gasteiger charge is 2.42. The first-order valence-electron chi connectivity index (χ1n) is 11.2. The highest BCUT2D eigenvalue weighted by molar-refractivity contribution is 7.13. The fourth-order valence-electron chi connectivity index (χ4n) is 4.24. The standard InChI is InChI=1S/C24H28N6O3S/c1-14(2)20(22-25-8-9-28-29-22)24(33)30-12-18(31)10-19(30)23(32)26-11-16-4-6-17(7-5-16)21-15(3)27-13-34-21/h4-9,13-14,18-20,31H,10-12H2,1-3H3,(H,26,32)/t18-,19+,20?/m1/s1. The van der Waals surface area contributed by atoms with Crippen molar-refractivity contribution in [3.8, 4) is 10.4 Å². The van der Waals surface area contributed by atoms with Crippen molar-refractivity contribution in [2.75, 3.05) is 6.54 Å². The molecule has 0 spiro atoms. The lowest BCUT2D eigenvalue weighted by Gasteiger charge is -2.29. The van der Waals surface area contributed by atoms with E-state index in [1.807, 2.05) is 50.5 Å². The number of hydrogen-bond acceptors (Lipinski definition) is 8. The predicted molar refractivity (Wildman–Crippen MR) is 128 cm³/mol. The summed E-state index contributed by atoms with van der Waals surface area (Å²) in [7, 11) is 0. The van der Waals surface area contributed by atoms with Gasteiger partial charge >= 0.3 is 0 Å². The van der Waals surface area contributed by atoms with Crippen molar-refractivity contribution in [3.05, 3.63) is 59.3 Å². The second kappa shape index (κ2) is 10.4. The van der Waals surface area contributed by atoms with Crippen molar-refractivity contribution in [1.82, 2.24) is 30.4 Å². The largest absolute Gasteiger partial charge is 0.391 e. The molecule has 2 amide bonds. The number of benzene rings is 1. The molecule has 9 nitrogen and oxygen atoms in total. The van der Waals surface area contributed by atoms with Crippen LogP contribution >= 0.6 is 11.3 Å². The van der Waals surface area contributed by atoms with Crippen LogP contribution in [0, 0.1) is 12.8 Å². The Labute approximate surface area is 202 Å². The van der Waals surface area contributed by atoms with Gasteiger partial charge in [-0.2, -0.15) is 5.10 Å². The summed E-state index contributed by atoms with van der Waals surface area (Å²) < 4.78 is 0. The summed E-state index contributed by atoms with van der Waals surface area (Å²) in [5.41, 5.74) is 4.85. The topological polar surface area (TPSA) is 121 Å². The lowest BCUT2D eigenvalue weighted by molar-refractivity contribution is -0.140. The number of hydrogen-bond donors (Lipinski definition) is 2. The third kappa shape index (κ3) is 5.13. The highest BCUT2D eigenvalue weighted by atomic mass is 32.1. The van der Waals surface area contributed by atoms with Crippen LogP contribution in [0.1, 0.15) is 43.3 Å². The molecule has 4 rings (SSSR count). The van der Waals surface area contributed by atoms with E-state index in [4.69, 9.17) is 0 Å². The predicted octanol–water partition coefficient (Wildman–Crippen LogP) is 2.32. The number of carbonyl (C=O) groups is 2. The maximum atomic E-state index is 13.4. The second-order valence-electron chi connectivity index (χ2n) is 8.80. The summed E-state index contributed by atoms with van der Waals surface area (Å²) in [4.78, 5) is 37.5. The molecule has 1 fully saturated rings. The van der Waals surface area contributed by atoms with Gasteiger partial charge in [0.25, 0.3) is 0 Å². The highest BCUT2D eigenvalue weighted by Crippen LogP contribution is 2.29. The van der Waals surface area contributed by atoms with Gasteiger partial charge in [0, 0.05) is 25.7 Å². The Hall–Kier alpha value is -3.24. The zero-order chi connectivity index (χ0) is 24.2. The Morgan fingerprint density at radius 1 is 1.21 bits per heavy atom. The van der Waals surface area contributed by atoms with Crippen molar-refractivity contribution in [2.24, 2.45) is 5.92 Å². The van der Waals surface area contributed by atoms with Crippen molar-refractivity contribution < 1.29 is 14.7 Å². The molecule has 2 N–H and O–H groups in total. The average molecular weight is 481 g/mol. The average Bonchev–Trinajstić information content (AvgIpc) is 3.44. The van der Waals surface area contributed by atoms with Gasteiger partial charge in [-0.05, 0) is 24.0 Å². The van der Waals surface area contributed by atoms with Gasteiger partial charge in [-0.3, -0.25) is 9.59 Å². The molecule has 0 radical (unpaired) electrons. The van der Waals surface area contributed by atoms with Crippen LogP contribution in [-0.4, -0.2) is 60.7 Å². The van der Waals surface area contributed by atoms with Gasteiger partial charge in [-0.25, -0.2) is 9.97 Å². The van der Waals surface area contributed by atoms with E-state index in [2.05, 4.69) is 25.5 Å². The molecule has 34 heavy (non-hydrogen) atoms. The molecular formula is C24H28N6O3S. The minimum Gasteiger partial charge on any atom is -0.391 e. The van der Waals surface area contributed by atoms with Gasteiger partial charge in [0.2, 0.25) is 11.8 Å². The molecule has 0 bridgehead atoms. The zero-order valence-electron chi connectivity index (χ0n) is 19.4. The Morgan fingerprint density at radius 3 is 2.59 bits per heavy atom. The van der Waals surface area contributed by atoms with Crippen LogP contribution in [0.5, 0.6) is 0 Å². The van der Waals surface area contributed by atoms with Gasteiger partial charge in [0.15, 0.2) is 5.82 Å². The van der Waals surface area contributed by atoms with E-state index in [0.29, 0.717) is 12.4 Å². The van der Waals surface area contributed by atoms with Gasteiger partial charge in [-0.15, -0.1) is 16.4 Å². The van der Waals surface area contributed by atoms with Crippen LogP contribution in [0.15, 0.2) is 42.2 Å². The number of aliphatic hydroxyl groups is 1. The van der Waals surface area contributed by atoms with E-state index in [0.717, 1.165) is 21.7 Å². The van der Waals surface area contributed by atoms with Crippen molar-refractivity contribution >= 4 is 23.2 Å². The van der Waals surface area contributed by atoms with Crippen molar-refractivity contribution in [2.45, 2.75) is 51.8 Å². The number of carbonyl (C=O) groups excluding carboxylic acids is 2. The lowest BCUT2D eigenvalue weighted by Crippen LogP contribution is -2.48. The molecule has 3 atom stereocenters. The van der Waals surface area contributed by atoms with Crippen LogP contribution in [0.4, 0.5) is 0 Å². The number of aliphatic hydroxyl groups excluding tert-OH is 1. The molecule has 0 saturated carbocycles. The molecule has 0 aliphatic carbocycles. The Balaban J connectivity index is 1.43. The van der Waals surface area contributed by atoms with Crippen LogP contribution in [-0.2, 0) is 16.1 Å². The first-order chi connectivity index (χ1) is 16.3. The fourth-order valence-corrected chi connectivity index (χ4v) is 5.05. The number of aromatic nitrogens is 4. The number of amides is 2. The molecule has 1 aliphatic heterocycles. The van der Waals surface area contributed by atoms with E-state index < -0.39 is 18.1 Å². The summed E-state index contributed by atoms with van der Waals surface area (Å²) >= 11 is 1.59. The van der Waals surface area contributed by atoms with E-state index in [9.17, 15) is 14.7 Å². The Kier molecular flexibility index (Phi) is 7.28. The number of likely N-dealkylation sites (tertiary alicyclic amines) is 1. The first kappa shape index (κ1) is 23.9. The summed E-state index contributed by atoms with van der Waals surface area (Å²) in [6, 6.07) is 7.21. The molecule has 1 aromatic carbocycles. The maximum absolute atomic E-state index is 13.4. The van der Waals surface area contributed by atoms with Crippen LogP contribution in [0.2, 0.25) is 0 Å². The molecule has 3 heterocycles. The lowest BCUT2D eigenvalue weighted by atomic mass is 9.93. The molecular weight excluding hydrogens is 452 g/mol. The van der Waals surface area contributed by atoms with E-state index in [1.54, 1.807) is 11.3 Å². The molecule has 178 valence electrons. The number of aryl methyl sites for hydroxylation is 1. The van der Waals surface area contributed by atoms with E-state index >= 15 is 0 Å². The number of β-amino-alcohol motifs (C(OH)–C–C–N with tert-alkyl or cyclic N) is 1. The van der Waals surface area contributed by atoms with Gasteiger partial charge in [0.05, 0.1) is 28.4 Å². The zero-order valence-corrected chi connectivity index (χ0v) is 20.2. The minimum absolute atomic E-state index is 0.0983. The molecule has 10 heteroatoms. The summed E-state index contributed by atoms with van der Waals surface area (Å²) in [6.07, 6.45) is 2.38. The molecule has 1 saturated heterocycles. The van der Waals surface area contributed by atoms with E-state index in [-0.39, 0.29) is 30.7 Å². The number of thiazole rings is 1. The smallest absolute Gasteiger partial charge is 0.243 e. The Bertz CT molecular complexity index is 1140. The normalized spacial score (nSPS) is 18.8. The monoisotopic (exact) mass is 480 g/mol. The molecule has 1 unspecified atom stereocenters. The maximum Gasteiger partial charge on any atom is 0.243 e. The molecule has 3 aromatic rings. The Morgan fingerprint density at radius 2 is 1.97 bits per heavy atom.